The van der Waals surface area contributed by atoms with Crippen molar-refractivity contribution in [3.8, 4) is 0 Å². The molecule has 0 bridgehead atoms. The fourth-order valence-corrected chi connectivity index (χ4v) is 4.12. The van der Waals surface area contributed by atoms with Gasteiger partial charge in [-0.3, -0.25) is 9.59 Å². The fraction of sp³-hybridized carbons (Fsp3) is 0.467. The van der Waals surface area contributed by atoms with Crippen LogP contribution in [0.25, 0.3) is 0 Å². The van der Waals surface area contributed by atoms with Gasteiger partial charge >= 0.3 is 0 Å². The third-order valence-electron chi connectivity index (χ3n) is 3.45. The van der Waals surface area contributed by atoms with Gasteiger partial charge in [0, 0.05) is 18.8 Å². The number of nitrogens with one attached hydrogen (secondary N) is 1. The highest BCUT2D eigenvalue weighted by atomic mass is 35.5. The standard InChI is InChI=1S/C15H18ClN3O2S2/c1-3-9(4-2)14-18-19-15(23-14)17-13(21)8-5-10(20)11-6-7-12(16)22-11/h6-7,9H,3-5,8H2,1-2H3,(H,17,19,21). The molecule has 0 unspecified atom stereocenters. The van der Waals surface area contributed by atoms with Crippen molar-refractivity contribution in [3.05, 3.63) is 26.4 Å². The monoisotopic (exact) mass is 371 g/mol. The first-order valence-corrected chi connectivity index (χ1v) is 9.46. The zero-order chi connectivity index (χ0) is 16.8. The number of carbonyl (C=O) groups excluding carboxylic acids is 2. The Morgan fingerprint density at radius 2 is 1.91 bits per heavy atom. The van der Waals surface area contributed by atoms with E-state index in [1.807, 2.05) is 0 Å². The third-order valence-corrected chi connectivity index (χ3v) is 5.72. The highest BCUT2D eigenvalue weighted by Gasteiger charge is 2.16. The van der Waals surface area contributed by atoms with E-state index in [0.717, 1.165) is 17.8 Å². The first kappa shape index (κ1) is 18.0. The number of ketones is 1. The summed E-state index contributed by atoms with van der Waals surface area (Å²) < 4.78 is 0.570. The van der Waals surface area contributed by atoms with E-state index in [1.165, 1.54) is 22.7 Å². The first-order valence-electron chi connectivity index (χ1n) is 7.45. The lowest BCUT2D eigenvalue weighted by molar-refractivity contribution is -0.116. The van der Waals surface area contributed by atoms with Crippen LogP contribution < -0.4 is 5.32 Å². The van der Waals surface area contributed by atoms with Crippen LogP contribution in [0.15, 0.2) is 12.1 Å². The van der Waals surface area contributed by atoms with E-state index in [9.17, 15) is 9.59 Å². The molecule has 0 saturated carbocycles. The van der Waals surface area contributed by atoms with Gasteiger partial charge in [0.15, 0.2) is 5.78 Å². The molecule has 0 radical (unpaired) electrons. The molecule has 5 nitrogen and oxygen atoms in total. The van der Waals surface area contributed by atoms with Crippen LogP contribution in [0.2, 0.25) is 4.34 Å². The molecule has 0 aromatic carbocycles. The molecule has 2 heterocycles. The van der Waals surface area contributed by atoms with Gasteiger partial charge < -0.3 is 5.32 Å². The number of hydrogen-bond donors (Lipinski definition) is 1. The number of carbonyl (C=O) groups is 2. The zero-order valence-electron chi connectivity index (χ0n) is 13.0. The number of aromatic nitrogens is 2. The Balaban J connectivity index is 1.84. The van der Waals surface area contributed by atoms with Crippen LogP contribution in [-0.2, 0) is 4.79 Å². The second-order valence-corrected chi connectivity index (χ2v) is 7.76. The highest BCUT2D eigenvalue weighted by molar-refractivity contribution is 7.18. The van der Waals surface area contributed by atoms with Crippen molar-refractivity contribution in [2.75, 3.05) is 5.32 Å². The van der Waals surface area contributed by atoms with E-state index in [0.29, 0.717) is 20.3 Å². The maximum Gasteiger partial charge on any atom is 0.226 e. The molecule has 2 rings (SSSR count). The van der Waals surface area contributed by atoms with Gasteiger partial charge in [0.1, 0.15) is 5.01 Å². The Hall–Kier alpha value is -1.31. The number of amides is 1. The Bertz CT molecular complexity index is 680. The van der Waals surface area contributed by atoms with Gasteiger partial charge in [-0.2, -0.15) is 0 Å². The minimum Gasteiger partial charge on any atom is -0.301 e. The van der Waals surface area contributed by atoms with Gasteiger partial charge in [-0.1, -0.05) is 36.8 Å². The van der Waals surface area contributed by atoms with E-state index in [4.69, 9.17) is 11.6 Å². The lowest BCUT2D eigenvalue weighted by Crippen LogP contribution is -2.13. The highest BCUT2D eigenvalue weighted by Crippen LogP contribution is 2.28. The quantitative estimate of drug-likeness (QED) is 0.679. The molecule has 0 aliphatic carbocycles. The number of Topliss-reactive ketones (excluding diaryl/α,β-unsaturated/α-hetero) is 1. The van der Waals surface area contributed by atoms with Crippen LogP contribution in [-0.4, -0.2) is 21.9 Å². The van der Waals surface area contributed by atoms with E-state index in [2.05, 4.69) is 29.4 Å². The molecule has 0 aliphatic rings. The van der Waals surface area contributed by atoms with Crippen molar-refractivity contribution in [2.24, 2.45) is 0 Å². The molecule has 8 heteroatoms. The first-order chi connectivity index (χ1) is 11.0. The summed E-state index contributed by atoms with van der Waals surface area (Å²) >= 11 is 8.42. The number of halogens is 1. The number of nitrogens with zero attached hydrogens (tertiary/aromatic N) is 2. The topological polar surface area (TPSA) is 72.0 Å². The van der Waals surface area contributed by atoms with Crippen LogP contribution in [0.3, 0.4) is 0 Å². The maximum atomic E-state index is 11.9. The van der Waals surface area contributed by atoms with Gasteiger partial charge in [0.2, 0.25) is 11.0 Å². The number of thiophene rings is 1. The summed E-state index contributed by atoms with van der Waals surface area (Å²) in [7, 11) is 0. The van der Waals surface area contributed by atoms with Crippen molar-refractivity contribution in [1.82, 2.24) is 10.2 Å². The average molecular weight is 372 g/mol. The second-order valence-electron chi connectivity index (χ2n) is 5.03. The predicted molar refractivity (Wildman–Crippen MR) is 94.8 cm³/mol. The average Bonchev–Trinajstić information content (AvgIpc) is 3.16. The Morgan fingerprint density at radius 3 is 2.52 bits per heavy atom. The van der Waals surface area contributed by atoms with Gasteiger partial charge in [0.05, 0.1) is 9.21 Å². The molecule has 1 amide bonds. The van der Waals surface area contributed by atoms with E-state index >= 15 is 0 Å². The van der Waals surface area contributed by atoms with Crippen LogP contribution in [0.5, 0.6) is 0 Å². The van der Waals surface area contributed by atoms with Crippen LogP contribution in [0.1, 0.15) is 60.1 Å². The van der Waals surface area contributed by atoms with Gasteiger partial charge in [0.25, 0.3) is 0 Å². The summed E-state index contributed by atoms with van der Waals surface area (Å²) in [5, 5.41) is 12.3. The predicted octanol–water partition coefficient (Wildman–Crippen LogP) is 4.76. The van der Waals surface area contributed by atoms with E-state index in [1.54, 1.807) is 12.1 Å². The molecule has 2 aromatic rings. The molecular formula is C15H18ClN3O2S2. The summed E-state index contributed by atoms with van der Waals surface area (Å²) in [5.41, 5.74) is 0. The summed E-state index contributed by atoms with van der Waals surface area (Å²) in [6.07, 6.45) is 2.27. The smallest absolute Gasteiger partial charge is 0.226 e. The van der Waals surface area contributed by atoms with E-state index < -0.39 is 0 Å². The molecule has 0 spiro atoms. The molecule has 0 fully saturated rings. The van der Waals surface area contributed by atoms with Gasteiger partial charge in [-0.25, -0.2) is 0 Å². The largest absolute Gasteiger partial charge is 0.301 e. The molecule has 124 valence electrons. The maximum absolute atomic E-state index is 11.9. The van der Waals surface area contributed by atoms with Crippen LogP contribution in [0.4, 0.5) is 5.13 Å². The van der Waals surface area contributed by atoms with Gasteiger partial charge in [-0.15, -0.1) is 21.5 Å². The fourth-order valence-electron chi connectivity index (χ4n) is 2.08. The van der Waals surface area contributed by atoms with Crippen molar-refractivity contribution in [2.45, 2.75) is 45.4 Å². The van der Waals surface area contributed by atoms with Crippen molar-refractivity contribution in [3.63, 3.8) is 0 Å². The van der Waals surface area contributed by atoms with Crippen LogP contribution in [0, 0.1) is 0 Å². The lowest BCUT2D eigenvalue weighted by Gasteiger charge is -2.05. The van der Waals surface area contributed by atoms with Crippen molar-refractivity contribution < 1.29 is 9.59 Å². The normalized spacial score (nSPS) is 11.0. The van der Waals surface area contributed by atoms with Crippen LogP contribution >= 0.6 is 34.3 Å². The van der Waals surface area contributed by atoms with Crippen molar-refractivity contribution >= 4 is 51.1 Å². The number of anilines is 1. The summed E-state index contributed by atoms with van der Waals surface area (Å²) in [6, 6.07) is 3.36. The molecule has 0 atom stereocenters. The molecule has 2 aromatic heterocycles. The molecule has 0 saturated heterocycles. The summed E-state index contributed by atoms with van der Waals surface area (Å²) in [4.78, 5) is 24.4. The molecule has 1 N–H and O–H groups in total. The summed E-state index contributed by atoms with van der Waals surface area (Å²) in [6.45, 7) is 4.21. The Kier molecular flexibility index (Phi) is 6.68. The molecule has 23 heavy (non-hydrogen) atoms. The SMILES string of the molecule is CCC(CC)c1nnc(NC(=O)CCC(=O)c2ccc(Cl)s2)s1. The second kappa shape index (κ2) is 8.52. The zero-order valence-corrected chi connectivity index (χ0v) is 15.4. The lowest BCUT2D eigenvalue weighted by atomic mass is 10.1. The minimum atomic E-state index is -0.228. The number of rotatable bonds is 8. The third kappa shape index (κ3) is 5.09. The summed E-state index contributed by atoms with van der Waals surface area (Å²) in [5.74, 6) is 0.0728. The van der Waals surface area contributed by atoms with Gasteiger partial charge in [-0.05, 0) is 25.0 Å². The van der Waals surface area contributed by atoms with E-state index in [-0.39, 0.29) is 24.5 Å². The molecular weight excluding hydrogens is 354 g/mol. The Morgan fingerprint density at radius 1 is 1.17 bits per heavy atom. The number of hydrogen-bond acceptors (Lipinski definition) is 6. The Labute approximate surface area is 148 Å². The molecule has 0 aliphatic heterocycles. The van der Waals surface area contributed by atoms with Crippen molar-refractivity contribution in [1.29, 1.82) is 0 Å². The minimum absolute atomic E-state index is 0.0768.